The number of aliphatic hydroxyl groups excluding tert-OH is 1. The Labute approximate surface area is 131 Å². The monoisotopic (exact) mass is 307 g/mol. The number of fused-ring (bicyclic) bond motifs is 1. The van der Waals surface area contributed by atoms with Crippen molar-refractivity contribution in [3.8, 4) is 5.75 Å². The van der Waals surface area contributed by atoms with E-state index >= 15 is 0 Å². The minimum absolute atomic E-state index is 0.0757. The van der Waals surface area contributed by atoms with E-state index in [1.807, 2.05) is 20.9 Å². The SMILES string of the molecule is CNC[C@H]1Oc2c(N)cccc2C(=O)N([C@H](C)CO)C[C@H]1C. The smallest absolute Gasteiger partial charge is 0.258 e. The number of nitrogen functional groups attached to an aromatic ring is 1. The molecule has 2 rings (SSSR count). The number of carbonyl (C=O) groups excluding carboxylic acids is 1. The first-order valence-corrected chi connectivity index (χ1v) is 7.61. The fourth-order valence-corrected chi connectivity index (χ4v) is 2.71. The summed E-state index contributed by atoms with van der Waals surface area (Å²) in [6.07, 6.45) is -0.102. The van der Waals surface area contributed by atoms with Crippen LogP contribution in [0, 0.1) is 5.92 Å². The Hall–Kier alpha value is -1.79. The van der Waals surface area contributed by atoms with E-state index < -0.39 is 0 Å². The number of para-hydroxylation sites is 1. The van der Waals surface area contributed by atoms with Crippen LogP contribution in [0.15, 0.2) is 18.2 Å². The predicted octanol–water partition coefficient (Wildman–Crippen LogP) is 0.708. The molecule has 0 unspecified atom stereocenters. The molecular formula is C16H25N3O3. The van der Waals surface area contributed by atoms with Crippen LogP contribution in [0.25, 0.3) is 0 Å². The van der Waals surface area contributed by atoms with Crippen molar-refractivity contribution in [2.75, 3.05) is 32.5 Å². The van der Waals surface area contributed by atoms with Gasteiger partial charge in [0.05, 0.1) is 23.9 Å². The van der Waals surface area contributed by atoms with E-state index in [1.54, 1.807) is 23.1 Å². The van der Waals surface area contributed by atoms with Crippen LogP contribution in [0.3, 0.4) is 0 Å². The number of nitrogens with one attached hydrogen (secondary N) is 1. The zero-order valence-electron chi connectivity index (χ0n) is 13.4. The Morgan fingerprint density at radius 3 is 2.91 bits per heavy atom. The van der Waals surface area contributed by atoms with Crippen LogP contribution < -0.4 is 15.8 Å². The lowest BCUT2D eigenvalue weighted by molar-refractivity contribution is 0.0417. The second-order valence-electron chi connectivity index (χ2n) is 5.90. The number of amides is 1. The first-order chi connectivity index (χ1) is 10.5. The molecule has 0 bridgehead atoms. The normalized spacial score (nSPS) is 23.3. The number of carbonyl (C=O) groups is 1. The zero-order valence-corrected chi connectivity index (χ0v) is 13.4. The van der Waals surface area contributed by atoms with Gasteiger partial charge in [-0.2, -0.15) is 0 Å². The van der Waals surface area contributed by atoms with E-state index in [1.165, 1.54) is 0 Å². The molecule has 0 fully saturated rings. The van der Waals surface area contributed by atoms with Gasteiger partial charge in [-0.05, 0) is 26.1 Å². The summed E-state index contributed by atoms with van der Waals surface area (Å²) in [7, 11) is 1.86. The molecule has 3 atom stereocenters. The third kappa shape index (κ3) is 3.18. The Bertz CT molecular complexity index is 535. The molecule has 22 heavy (non-hydrogen) atoms. The van der Waals surface area contributed by atoms with Crippen LogP contribution in [0.1, 0.15) is 24.2 Å². The molecular weight excluding hydrogens is 282 g/mol. The number of nitrogens with zero attached hydrogens (tertiary/aromatic N) is 1. The summed E-state index contributed by atoms with van der Waals surface area (Å²) in [5.74, 6) is 0.395. The molecule has 1 amide bonds. The second-order valence-corrected chi connectivity index (χ2v) is 5.90. The van der Waals surface area contributed by atoms with Gasteiger partial charge in [-0.1, -0.05) is 13.0 Å². The quantitative estimate of drug-likeness (QED) is 0.713. The highest BCUT2D eigenvalue weighted by Crippen LogP contribution is 2.32. The van der Waals surface area contributed by atoms with Crippen molar-refractivity contribution in [3.05, 3.63) is 23.8 Å². The molecule has 1 aromatic carbocycles. The largest absolute Gasteiger partial charge is 0.486 e. The van der Waals surface area contributed by atoms with Crippen molar-refractivity contribution in [1.29, 1.82) is 0 Å². The van der Waals surface area contributed by atoms with E-state index in [4.69, 9.17) is 10.5 Å². The molecule has 1 aromatic rings. The van der Waals surface area contributed by atoms with Crippen molar-refractivity contribution < 1.29 is 14.6 Å². The fourth-order valence-electron chi connectivity index (χ4n) is 2.71. The highest BCUT2D eigenvalue weighted by Gasteiger charge is 2.33. The minimum atomic E-state index is -0.252. The Morgan fingerprint density at radius 1 is 1.55 bits per heavy atom. The molecule has 4 N–H and O–H groups in total. The van der Waals surface area contributed by atoms with Crippen molar-refractivity contribution in [1.82, 2.24) is 10.2 Å². The van der Waals surface area contributed by atoms with Crippen molar-refractivity contribution >= 4 is 11.6 Å². The molecule has 0 radical (unpaired) electrons. The lowest BCUT2D eigenvalue weighted by Gasteiger charge is -2.37. The molecule has 1 aliphatic rings. The van der Waals surface area contributed by atoms with Crippen molar-refractivity contribution in [3.63, 3.8) is 0 Å². The summed E-state index contributed by atoms with van der Waals surface area (Å²) >= 11 is 0. The maximum atomic E-state index is 12.8. The van der Waals surface area contributed by atoms with Crippen LogP contribution in [0.5, 0.6) is 5.75 Å². The Morgan fingerprint density at radius 2 is 2.27 bits per heavy atom. The topological polar surface area (TPSA) is 87.8 Å². The van der Waals surface area contributed by atoms with Crippen LogP contribution in [0.4, 0.5) is 5.69 Å². The highest BCUT2D eigenvalue weighted by atomic mass is 16.5. The summed E-state index contributed by atoms with van der Waals surface area (Å²) in [4.78, 5) is 14.5. The molecule has 0 aliphatic carbocycles. The Balaban J connectivity index is 2.48. The van der Waals surface area contributed by atoms with Crippen LogP contribution in [0.2, 0.25) is 0 Å². The van der Waals surface area contributed by atoms with Gasteiger partial charge < -0.3 is 25.8 Å². The lowest BCUT2D eigenvalue weighted by Crippen LogP contribution is -2.49. The van der Waals surface area contributed by atoms with Gasteiger partial charge >= 0.3 is 0 Å². The van der Waals surface area contributed by atoms with Gasteiger partial charge in [-0.25, -0.2) is 0 Å². The number of hydrogen-bond donors (Lipinski definition) is 3. The van der Waals surface area contributed by atoms with Crippen molar-refractivity contribution in [2.24, 2.45) is 5.92 Å². The summed E-state index contributed by atoms with van der Waals surface area (Å²) in [5.41, 5.74) is 6.92. The van der Waals surface area contributed by atoms with Crippen molar-refractivity contribution in [2.45, 2.75) is 26.0 Å². The van der Waals surface area contributed by atoms with Gasteiger partial charge in [-0.15, -0.1) is 0 Å². The number of hydrogen-bond acceptors (Lipinski definition) is 5. The predicted molar refractivity (Wildman–Crippen MR) is 85.9 cm³/mol. The number of benzene rings is 1. The molecule has 122 valence electrons. The summed E-state index contributed by atoms with van der Waals surface area (Å²) < 4.78 is 6.06. The second kappa shape index (κ2) is 6.98. The zero-order chi connectivity index (χ0) is 16.3. The molecule has 0 aromatic heterocycles. The minimum Gasteiger partial charge on any atom is -0.486 e. The standard InChI is InChI=1S/C16H25N3O3/c1-10-8-19(11(2)9-20)16(21)12-5-4-6-13(17)15(12)22-14(10)7-18-3/h4-6,10-11,14,18,20H,7-9,17H2,1-3H3/t10-,11-,14-/m1/s1. The number of likely N-dealkylation sites (N-methyl/N-ethyl adjacent to an activating group) is 1. The highest BCUT2D eigenvalue weighted by molar-refractivity contribution is 5.99. The summed E-state index contributed by atoms with van der Waals surface area (Å²) in [6, 6.07) is 4.94. The maximum absolute atomic E-state index is 12.8. The third-order valence-electron chi connectivity index (χ3n) is 4.13. The first kappa shape index (κ1) is 16.6. The summed E-state index contributed by atoms with van der Waals surface area (Å²) in [5, 5.41) is 12.6. The molecule has 6 nitrogen and oxygen atoms in total. The van der Waals surface area contributed by atoms with Gasteiger partial charge in [0.1, 0.15) is 6.10 Å². The van der Waals surface area contributed by atoms with E-state index in [2.05, 4.69) is 5.32 Å². The van der Waals surface area contributed by atoms with Gasteiger partial charge in [-0.3, -0.25) is 4.79 Å². The molecule has 1 heterocycles. The van der Waals surface area contributed by atoms with Gasteiger partial charge in [0.2, 0.25) is 0 Å². The average Bonchev–Trinajstić information content (AvgIpc) is 2.51. The fraction of sp³-hybridized carbons (Fsp3) is 0.562. The number of ether oxygens (including phenoxy) is 1. The van der Waals surface area contributed by atoms with E-state index in [-0.39, 0.29) is 30.6 Å². The van der Waals surface area contributed by atoms with E-state index in [9.17, 15) is 9.90 Å². The molecule has 1 aliphatic heterocycles. The number of aliphatic hydroxyl groups is 1. The number of anilines is 1. The van der Waals surface area contributed by atoms with Crippen LogP contribution >= 0.6 is 0 Å². The first-order valence-electron chi connectivity index (χ1n) is 7.61. The van der Waals surface area contributed by atoms with Gasteiger partial charge in [0.25, 0.3) is 5.91 Å². The Kier molecular flexibility index (Phi) is 5.26. The van der Waals surface area contributed by atoms with Gasteiger partial charge in [0, 0.05) is 19.0 Å². The average molecular weight is 307 g/mol. The molecule has 0 saturated heterocycles. The molecule has 6 heteroatoms. The van der Waals surface area contributed by atoms with E-state index in [0.717, 1.165) is 0 Å². The maximum Gasteiger partial charge on any atom is 0.258 e. The molecule has 0 spiro atoms. The molecule has 0 saturated carbocycles. The number of rotatable bonds is 4. The number of nitrogens with two attached hydrogens (primary N) is 1. The third-order valence-corrected chi connectivity index (χ3v) is 4.13. The van der Waals surface area contributed by atoms with E-state index in [0.29, 0.717) is 30.1 Å². The summed E-state index contributed by atoms with van der Waals surface area (Å²) in [6.45, 7) is 4.99. The van der Waals surface area contributed by atoms with Crippen LogP contribution in [-0.4, -0.2) is 54.8 Å². The van der Waals surface area contributed by atoms with Gasteiger partial charge in [0.15, 0.2) is 5.75 Å². The lowest BCUT2D eigenvalue weighted by atomic mass is 9.99. The van der Waals surface area contributed by atoms with Crippen LogP contribution in [-0.2, 0) is 0 Å².